The van der Waals surface area contributed by atoms with Gasteiger partial charge in [-0.25, -0.2) is 4.79 Å². The summed E-state index contributed by atoms with van der Waals surface area (Å²) >= 11 is 1.75. The number of amides is 1. The van der Waals surface area contributed by atoms with Crippen LogP contribution < -0.4 is 5.32 Å². The van der Waals surface area contributed by atoms with Crippen molar-refractivity contribution in [3.8, 4) is 12.3 Å². The summed E-state index contributed by atoms with van der Waals surface area (Å²) in [5, 5.41) is 2.16. The highest BCUT2D eigenvalue weighted by Crippen LogP contribution is 1.99. The average Bonchev–Trinajstić information content (AvgIpc) is 2.13. The smallest absolute Gasteiger partial charge is 0.409 e. The Morgan fingerprint density at radius 3 is 2.77 bits per heavy atom. The van der Waals surface area contributed by atoms with Crippen LogP contribution in [0.15, 0.2) is 0 Å². The zero-order chi connectivity index (χ0) is 10.3. The highest BCUT2D eigenvalue weighted by molar-refractivity contribution is 14.1. The van der Waals surface area contributed by atoms with Crippen LogP contribution in [0.1, 0.15) is 0 Å². The summed E-state index contributed by atoms with van der Waals surface area (Å²) in [6.45, 7) is -0.233. The van der Waals surface area contributed by atoms with E-state index in [-0.39, 0.29) is 6.54 Å². The van der Waals surface area contributed by atoms with Crippen LogP contribution in [0.2, 0.25) is 0 Å². The predicted molar refractivity (Wildman–Crippen MR) is 53.1 cm³/mol. The second-order valence-electron chi connectivity index (χ2n) is 1.82. The summed E-state index contributed by atoms with van der Waals surface area (Å²) in [6, 6.07) is 0. The van der Waals surface area contributed by atoms with Crippen molar-refractivity contribution in [2.45, 2.75) is 4.11 Å². The lowest BCUT2D eigenvalue weighted by atomic mass is 10.6. The number of carbonyl (C=O) groups is 2. The van der Waals surface area contributed by atoms with Gasteiger partial charge >= 0.3 is 12.1 Å². The van der Waals surface area contributed by atoms with Gasteiger partial charge in [-0.1, -0.05) is 5.92 Å². The van der Waals surface area contributed by atoms with Gasteiger partial charge in [-0.3, -0.25) is 4.79 Å². The monoisotopic (exact) mass is 297 g/mol. The molecule has 0 saturated heterocycles. The minimum absolute atomic E-state index is 0.233. The number of ether oxygens (including phenoxy) is 2. The highest BCUT2D eigenvalue weighted by atomic mass is 127. The number of esters is 1. The van der Waals surface area contributed by atoms with Gasteiger partial charge in [0.05, 0.1) is 7.11 Å². The number of rotatable bonds is 3. The van der Waals surface area contributed by atoms with Gasteiger partial charge in [0, 0.05) is 0 Å². The summed E-state index contributed by atoms with van der Waals surface area (Å²) < 4.78 is 8.22. The van der Waals surface area contributed by atoms with Gasteiger partial charge in [0.25, 0.3) is 0 Å². The highest BCUT2D eigenvalue weighted by Gasteiger charge is 2.08. The molecule has 5 nitrogen and oxygen atoms in total. The molecule has 0 heterocycles. The lowest BCUT2D eigenvalue weighted by molar-refractivity contribution is -0.139. The van der Waals surface area contributed by atoms with E-state index < -0.39 is 16.2 Å². The lowest BCUT2D eigenvalue weighted by Gasteiger charge is -2.06. The van der Waals surface area contributed by atoms with Crippen LogP contribution in [0, 0.1) is 12.3 Å². The molecule has 1 amide bonds. The summed E-state index contributed by atoms with van der Waals surface area (Å²) in [5.74, 6) is 1.63. The summed E-state index contributed by atoms with van der Waals surface area (Å²) in [7, 11) is 1.22. The third-order valence-electron chi connectivity index (χ3n) is 0.946. The van der Waals surface area contributed by atoms with Gasteiger partial charge in [-0.2, -0.15) is 0 Å². The van der Waals surface area contributed by atoms with E-state index in [9.17, 15) is 9.59 Å². The number of carbonyl (C=O) groups excluding carboxylic acids is 2. The van der Waals surface area contributed by atoms with Crippen LogP contribution in [0.4, 0.5) is 4.79 Å². The molecule has 0 aromatic carbocycles. The number of alkyl halides is 1. The van der Waals surface area contributed by atoms with Gasteiger partial charge in [0.1, 0.15) is 6.54 Å². The molecule has 1 unspecified atom stereocenters. The first-order valence-corrected chi connectivity index (χ1v) is 4.46. The number of hydrogen-bond donors (Lipinski definition) is 1. The Hall–Kier alpha value is -0.970. The number of hydrogen-bond acceptors (Lipinski definition) is 4. The van der Waals surface area contributed by atoms with E-state index in [1.807, 2.05) is 0 Å². The van der Waals surface area contributed by atoms with Gasteiger partial charge in [-0.15, -0.1) is 6.42 Å². The van der Waals surface area contributed by atoms with E-state index in [4.69, 9.17) is 6.42 Å². The Morgan fingerprint density at radius 2 is 2.31 bits per heavy atom. The number of nitrogens with one attached hydrogen (secondary N) is 1. The number of halogens is 1. The fraction of sp³-hybridized carbons (Fsp3) is 0.429. The third-order valence-corrected chi connectivity index (χ3v) is 1.56. The Balaban J connectivity index is 3.65. The van der Waals surface area contributed by atoms with E-state index in [2.05, 4.69) is 20.7 Å². The summed E-state index contributed by atoms with van der Waals surface area (Å²) in [4.78, 5) is 21.3. The lowest BCUT2D eigenvalue weighted by Crippen LogP contribution is -2.31. The molecule has 0 rings (SSSR count). The summed E-state index contributed by atoms with van der Waals surface area (Å²) in [5.41, 5.74) is 0. The first-order valence-electron chi connectivity index (χ1n) is 3.21. The first-order chi connectivity index (χ1) is 6.10. The molecule has 72 valence electrons. The zero-order valence-electron chi connectivity index (χ0n) is 6.87. The van der Waals surface area contributed by atoms with Crippen molar-refractivity contribution in [2.24, 2.45) is 0 Å². The minimum Gasteiger partial charge on any atom is -0.468 e. The maximum atomic E-state index is 10.8. The molecule has 0 bridgehead atoms. The van der Waals surface area contributed by atoms with Crippen molar-refractivity contribution in [1.82, 2.24) is 5.32 Å². The second kappa shape index (κ2) is 6.54. The van der Waals surface area contributed by atoms with E-state index in [1.165, 1.54) is 7.11 Å². The van der Waals surface area contributed by atoms with Crippen molar-refractivity contribution < 1.29 is 19.1 Å². The molecule has 0 saturated carbocycles. The van der Waals surface area contributed by atoms with Gasteiger partial charge in [0.15, 0.2) is 0 Å². The SMILES string of the molecule is C#CC(I)OC(=O)NCC(=O)OC. The van der Waals surface area contributed by atoms with Crippen LogP contribution in [0.5, 0.6) is 0 Å². The fourth-order valence-electron chi connectivity index (χ4n) is 0.386. The Morgan fingerprint density at radius 1 is 1.69 bits per heavy atom. The van der Waals surface area contributed by atoms with Gasteiger partial charge in [0.2, 0.25) is 4.11 Å². The average molecular weight is 297 g/mol. The Labute approximate surface area is 89.3 Å². The molecule has 0 aliphatic heterocycles. The molecule has 0 aliphatic rings. The molecule has 0 spiro atoms. The molecule has 0 aromatic rings. The fourth-order valence-corrected chi connectivity index (χ4v) is 0.617. The molecule has 1 N–H and O–H groups in total. The topological polar surface area (TPSA) is 64.6 Å². The maximum Gasteiger partial charge on any atom is 0.409 e. The van der Waals surface area contributed by atoms with Crippen molar-refractivity contribution in [3.05, 3.63) is 0 Å². The number of methoxy groups -OCH3 is 1. The Kier molecular flexibility index (Phi) is 6.05. The van der Waals surface area contributed by atoms with Gasteiger partial charge in [-0.05, 0) is 22.6 Å². The molecule has 13 heavy (non-hydrogen) atoms. The number of terminal acetylenes is 1. The van der Waals surface area contributed by atoms with Crippen LogP contribution in [0.25, 0.3) is 0 Å². The van der Waals surface area contributed by atoms with E-state index >= 15 is 0 Å². The standard InChI is InChI=1S/C7H8INO4/c1-3-5(8)13-7(11)9-4-6(10)12-2/h1,5H,4H2,2H3,(H,9,11). The van der Waals surface area contributed by atoms with Crippen LogP contribution >= 0.6 is 22.6 Å². The van der Waals surface area contributed by atoms with E-state index in [0.29, 0.717) is 0 Å². The van der Waals surface area contributed by atoms with Crippen LogP contribution in [0.3, 0.4) is 0 Å². The quantitative estimate of drug-likeness (QED) is 0.352. The molecule has 0 aromatic heterocycles. The molecule has 1 atom stereocenters. The van der Waals surface area contributed by atoms with Crippen molar-refractivity contribution in [2.75, 3.05) is 13.7 Å². The van der Waals surface area contributed by atoms with E-state index in [1.54, 1.807) is 22.6 Å². The van der Waals surface area contributed by atoms with Crippen LogP contribution in [-0.4, -0.2) is 29.8 Å². The zero-order valence-corrected chi connectivity index (χ0v) is 9.03. The van der Waals surface area contributed by atoms with Crippen molar-refractivity contribution in [3.63, 3.8) is 0 Å². The van der Waals surface area contributed by atoms with Crippen molar-refractivity contribution >= 4 is 34.7 Å². The summed E-state index contributed by atoms with van der Waals surface area (Å²) in [6.07, 6.45) is 4.20. The molecule has 6 heteroatoms. The minimum atomic E-state index is -0.747. The molecular formula is C7H8INO4. The molecular weight excluding hydrogens is 289 g/mol. The Bertz CT molecular complexity index is 235. The molecule has 0 radical (unpaired) electrons. The number of alkyl carbamates (subject to hydrolysis) is 1. The largest absolute Gasteiger partial charge is 0.468 e. The van der Waals surface area contributed by atoms with Gasteiger partial charge < -0.3 is 14.8 Å². The third kappa shape index (κ3) is 6.21. The molecule has 0 aliphatic carbocycles. The normalized spacial score (nSPS) is 10.8. The first kappa shape index (κ1) is 12.0. The van der Waals surface area contributed by atoms with Crippen LogP contribution in [-0.2, 0) is 14.3 Å². The van der Waals surface area contributed by atoms with E-state index in [0.717, 1.165) is 0 Å². The maximum absolute atomic E-state index is 10.8. The second-order valence-corrected chi connectivity index (χ2v) is 2.95. The predicted octanol–water partition coefficient (Wildman–Crippen LogP) is 0.280. The molecule has 0 fully saturated rings. The van der Waals surface area contributed by atoms with Crippen molar-refractivity contribution in [1.29, 1.82) is 0 Å².